The van der Waals surface area contributed by atoms with E-state index in [2.05, 4.69) is 24.3 Å². The number of rotatable bonds is 6. The molecule has 1 N–H and O–H groups in total. The number of aryl methyl sites for hydroxylation is 2. The first kappa shape index (κ1) is 14.7. The molecule has 4 heteroatoms. The Morgan fingerprint density at radius 1 is 1.39 bits per heavy atom. The number of aromatic nitrogens is 2. The van der Waals surface area contributed by atoms with Crippen molar-refractivity contribution in [2.45, 2.75) is 53.4 Å². The van der Waals surface area contributed by atoms with Crippen molar-refractivity contribution >= 4 is 11.6 Å². The molecule has 0 saturated heterocycles. The number of hydrogen-bond donors (Lipinski definition) is 1. The van der Waals surface area contributed by atoms with Crippen molar-refractivity contribution in [1.82, 2.24) is 9.78 Å². The van der Waals surface area contributed by atoms with Crippen LogP contribution in [0.3, 0.4) is 0 Å². The molecule has 1 rings (SSSR count). The molecule has 1 atom stereocenters. The average molecular weight is 251 g/mol. The summed E-state index contributed by atoms with van der Waals surface area (Å²) in [5.74, 6) is 0.245. The maximum absolute atomic E-state index is 12.2. The summed E-state index contributed by atoms with van der Waals surface area (Å²) in [5, 5.41) is 7.35. The van der Waals surface area contributed by atoms with Gasteiger partial charge in [0.2, 0.25) is 5.91 Å². The average Bonchev–Trinajstić information content (AvgIpc) is 2.57. The van der Waals surface area contributed by atoms with Crippen LogP contribution < -0.4 is 5.32 Å². The van der Waals surface area contributed by atoms with Gasteiger partial charge in [0.05, 0.1) is 17.1 Å². The molecule has 0 radical (unpaired) electrons. The van der Waals surface area contributed by atoms with Crippen molar-refractivity contribution in [2.24, 2.45) is 13.0 Å². The third-order valence-corrected chi connectivity index (χ3v) is 3.53. The summed E-state index contributed by atoms with van der Waals surface area (Å²) < 4.78 is 1.80. The van der Waals surface area contributed by atoms with E-state index in [1.807, 2.05) is 20.9 Å². The minimum atomic E-state index is 0.115. The van der Waals surface area contributed by atoms with Crippen molar-refractivity contribution in [3.05, 3.63) is 11.4 Å². The molecule has 4 nitrogen and oxygen atoms in total. The van der Waals surface area contributed by atoms with E-state index in [-0.39, 0.29) is 11.8 Å². The maximum Gasteiger partial charge on any atom is 0.227 e. The van der Waals surface area contributed by atoms with E-state index in [1.54, 1.807) is 4.68 Å². The molecule has 102 valence electrons. The molecule has 0 spiro atoms. The van der Waals surface area contributed by atoms with Crippen LogP contribution in [-0.2, 0) is 11.8 Å². The third-order valence-electron chi connectivity index (χ3n) is 3.53. The van der Waals surface area contributed by atoms with Gasteiger partial charge in [-0.15, -0.1) is 0 Å². The van der Waals surface area contributed by atoms with E-state index in [0.29, 0.717) is 0 Å². The fourth-order valence-electron chi connectivity index (χ4n) is 2.15. The van der Waals surface area contributed by atoms with Crippen LogP contribution in [0.4, 0.5) is 5.69 Å². The highest BCUT2D eigenvalue weighted by atomic mass is 16.1. The summed E-state index contributed by atoms with van der Waals surface area (Å²) >= 11 is 0. The number of hydrogen-bond acceptors (Lipinski definition) is 2. The summed E-state index contributed by atoms with van der Waals surface area (Å²) in [6.45, 7) is 8.13. The molecule has 0 unspecified atom stereocenters. The summed E-state index contributed by atoms with van der Waals surface area (Å²) in [7, 11) is 1.90. The zero-order valence-corrected chi connectivity index (χ0v) is 12.2. The lowest BCUT2D eigenvalue weighted by Crippen LogP contribution is -2.23. The second-order valence-electron chi connectivity index (χ2n) is 4.91. The summed E-state index contributed by atoms with van der Waals surface area (Å²) in [6.07, 6.45) is 4.10. The normalized spacial score (nSPS) is 12.5. The third kappa shape index (κ3) is 3.34. The predicted molar refractivity (Wildman–Crippen MR) is 74.6 cm³/mol. The summed E-state index contributed by atoms with van der Waals surface area (Å²) in [6, 6.07) is 0. The molecule has 0 aliphatic heterocycles. The smallest absolute Gasteiger partial charge is 0.227 e. The van der Waals surface area contributed by atoms with Gasteiger partial charge in [0.1, 0.15) is 0 Å². The molecule has 0 fully saturated rings. The predicted octanol–water partition coefficient (Wildman–Crippen LogP) is 3.19. The number of carbonyl (C=O) groups excluding carboxylic acids is 1. The van der Waals surface area contributed by atoms with Crippen LogP contribution in [0.15, 0.2) is 0 Å². The maximum atomic E-state index is 12.2. The van der Waals surface area contributed by atoms with Crippen molar-refractivity contribution in [1.29, 1.82) is 0 Å². The van der Waals surface area contributed by atoms with E-state index in [0.717, 1.165) is 42.8 Å². The van der Waals surface area contributed by atoms with Crippen LogP contribution in [0.5, 0.6) is 0 Å². The van der Waals surface area contributed by atoms with Crippen molar-refractivity contribution in [2.75, 3.05) is 5.32 Å². The summed E-state index contributed by atoms with van der Waals surface area (Å²) in [4.78, 5) is 12.2. The van der Waals surface area contributed by atoms with Crippen LogP contribution in [0.1, 0.15) is 50.9 Å². The zero-order valence-electron chi connectivity index (χ0n) is 12.2. The first-order valence-corrected chi connectivity index (χ1v) is 6.82. The van der Waals surface area contributed by atoms with Gasteiger partial charge in [-0.25, -0.2) is 0 Å². The van der Waals surface area contributed by atoms with Crippen molar-refractivity contribution < 1.29 is 4.79 Å². The Labute approximate surface area is 110 Å². The second kappa shape index (κ2) is 6.57. The Morgan fingerprint density at radius 2 is 2.06 bits per heavy atom. The number of anilines is 1. The van der Waals surface area contributed by atoms with E-state index >= 15 is 0 Å². The molecule has 0 aromatic carbocycles. The Bertz CT molecular complexity index is 409. The van der Waals surface area contributed by atoms with Gasteiger partial charge in [0.15, 0.2) is 0 Å². The van der Waals surface area contributed by atoms with Gasteiger partial charge in [0.25, 0.3) is 0 Å². The van der Waals surface area contributed by atoms with Crippen LogP contribution in [0.2, 0.25) is 0 Å². The van der Waals surface area contributed by atoms with E-state index in [9.17, 15) is 4.79 Å². The van der Waals surface area contributed by atoms with Crippen LogP contribution in [0.25, 0.3) is 0 Å². The Balaban J connectivity index is 2.73. The monoisotopic (exact) mass is 251 g/mol. The Kier molecular flexibility index (Phi) is 5.38. The highest BCUT2D eigenvalue weighted by molar-refractivity contribution is 5.93. The zero-order chi connectivity index (χ0) is 13.7. The van der Waals surface area contributed by atoms with Crippen LogP contribution in [0, 0.1) is 19.8 Å². The van der Waals surface area contributed by atoms with E-state index in [1.165, 1.54) is 0 Å². The highest BCUT2D eigenvalue weighted by Crippen LogP contribution is 2.21. The minimum Gasteiger partial charge on any atom is -0.323 e. The number of carbonyl (C=O) groups is 1. The Hall–Kier alpha value is -1.32. The van der Waals surface area contributed by atoms with E-state index in [4.69, 9.17) is 0 Å². The molecule has 18 heavy (non-hydrogen) atoms. The lowest BCUT2D eigenvalue weighted by molar-refractivity contribution is -0.120. The Morgan fingerprint density at radius 3 is 2.50 bits per heavy atom. The van der Waals surface area contributed by atoms with Crippen molar-refractivity contribution in [3.63, 3.8) is 0 Å². The fraction of sp³-hybridized carbons (Fsp3) is 0.714. The SMILES string of the molecule is CCCC[C@H](CC)C(=O)Nc1c(C)nn(C)c1C. The standard InChI is InChI=1S/C14H25N3O/c1-6-8-9-12(7-2)14(18)15-13-10(3)16-17(5)11(13)4/h12H,6-9H2,1-5H3,(H,15,18)/t12-/m0/s1. The molecule has 1 heterocycles. The molecular weight excluding hydrogens is 226 g/mol. The van der Waals surface area contributed by atoms with Crippen LogP contribution in [-0.4, -0.2) is 15.7 Å². The molecule has 1 amide bonds. The molecular formula is C14H25N3O. The van der Waals surface area contributed by atoms with E-state index < -0.39 is 0 Å². The fourth-order valence-corrected chi connectivity index (χ4v) is 2.15. The topological polar surface area (TPSA) is 46.9 Å². The molecule has 0 aliphatic rings. The van der Waals surface area contributed by atoms with Gasteiger partial charge >= 0.3 is 0 Å². The van der Waals surface area contributed by atoms with Gasteiger partial charge in [-0.3, -0.25) is 9.48 Å². The number of nitrogens with zero attached hydrogens (tertiary/aromatic N) is 2. The van der Waals surface area contributed by atoms with Gasteiger partial charge in [-0.1, -0.05) is 26.7 Å². The molecule has 0 saturated carbocycles. The van der Waals surface area contributed by atoms with Gasteiger partial charge in [0, 0.05) is 13.0 Å². The lowest BCUT2D eigenvalue weighted by Gasteiger charge is -2.14. The first-order valence-electron chi connectivity index (χ1n) is 6.82. The highest BCUT2D eigenvalue weighted by Gasteiger charge is 2.19. The van der Waals surface area contributed by atoms with Gasteiger partial charge in [-0.05, 0) is 26.7 Å². The van der Waals surface area contributed by atoms with Gasteiger partial charge < -0.3 is 5.32 Å². The molecule has 1 aromatic rings. The lowest BCUT2D eigenvalue weighted by atomic mass is 9.98. The quantitative estimate of drug-likeness (QED) is 0.844. The minimum absolute atomic E-state index is 0.115. The summed E-state index contributed by atoms with van der Waals surface area (Å²) in [5.41, 5.74) is 2.76. The molecule has 0 bridgehead atoms. The van der Waals surface area contributed by atoms with Crippen molar-refractivity contribution in [3.8, 4) is 0 Å². The van der Waals surface area contributed by atoms with Gasteiger partial charge in [-0.2, -0.15) is 5.10 Å². The van der Waals surface area contributed by atoms with Crippen LogP contribution >= 0.6 is 0 Å². The first-order chi connectivity index (χ1) is 8.51. The number of nitrogens with one attached hydrogen (secondary N) is 1. The number of unbranched alkanes of at least 4 members (excludes halogenated alkanes) is 1. The molecule has 1 aromatic heterocycles. The second-order valence-corrected chi connectivity index (χ2v) is 4.91. The molecule has 0 aliphatic carbocycles. The number of amides is 1. The largest absolute Gasteiger partial charge is 0.323 e.